The summed E-state index contributed by atoms with van der Waals surface area (Å²) >= 11 is 6.14. The van der Waals surface area contributed by atoms with Crippen LogP contribution < -0.4 is 5.32 Å². The Morgan fingerprint density at radius 2 is 2.00 bits per heavy atom. The van der Waals surface area contributed by atoms with Gasteiger partial charge in [-0.3, -0.25) is 4.79 Å². The van der Waals surface area contributed by atoms with Crippen LogP contribution in [0.4, 0.5) is 4.79 Å². The van der Waals surface area contributed by atoms with Gasteiger partial charge in [0.1, 0.15) is 5.60 Å². The molecule has 1 aliphatic rings. The molecule has 0 bridgehead atoms. The van der Waals surface area contributed by atoms with Crippen molar-refractivity contribution >= 4 is 36.1 Å². The Kier molecular flexibility index (Phi) is 8.18. The van der Waals surface area contributed by atoms with Gasteiger partial charge in [-0.1, -0.05) is 29.8 Å². The number of carbonyl (C=O) groups excluding carboxylic acids is 1. The van der Waals surface area contributed by atoms with Crippen molar-refractivity contribution in [2.45, 2.75) is 45.4 Å². The monoisotopic (exact) mass is 404 g/mol. The zero-order valence-electron chi connectivity index (χ0n) is 15.2. The molecule has 1 aliphatic heterocycles. The van der Waals surface area contributed by atoms with Crippen molar-refractivity contribution in [3.63, 3.8) is 0 Å². The van der Waals surface area contributed by atoms with Crippen LogP contribution >= 0.6 is 24.0 Å². The van der Waals surface area contributed by atoms with E-state index >= 15 is 0 Å². The van der Waals surface area contributed by atoms with Crippen LogP contribution in [-0.4, -0.2) is 46.8 Å². The average Bonchev–Trinajstić information content (AvgIpc) is 2.52. The summed E-state index contributed by atoms with van der Waals surface area (Å²) in [4.78, 5) is 25.3. The van der Waals surface area contributed by atoms with Crippen molar-refractivity contribution in [1.29, 1.82) is 0 Å². The van der Waals surface area contributed by atoms with Crippen molar-refractivity contribution in [3.05, 3.63) is 34.9 Å². The predicted molar refractivity (Wildman–Crippen MR) is 103 cm³/mol. The summed E-state index contributed by atoms with van der Waals surface area (Å²) in [5.74, 6) is -1.62. The first-order valence-electron chi connectivity index (χ1n) is 8.35. The number of likely N-dealkylation sites (tertiary alicyclic amines) is 1. The van der Waals surface area contributed by atoms with E-state index in [4.69, 9.17) is 16.3 Å². The molecule has 0 radical (unpaired) electrons. The zero-order valence-corrected chi connectivity index (χ0v) is 16.8. The number of ether oxygens (including phenoxy) is 1. The normalized spacial score (nSPS) is 20.2. The second-order valence-electron chi connectivity index (χ2n) is 7.24. The van der Waals surface area contributed by atoms with Gasteiger partial charge >= 0.3 is 12.1 Å². The van der Waals surface area contributed by atoms with E-state index in [1.807, 2.05) is 18.2 Å². The summed E-state index contributed by atoms with van der Waals surface area (Å²) in [6, 6.07) is 7.22. The van der Waals surface area contributed by atoms with Gasteiger partial charge in [0.05, 0.1) is 5.92 Å². The molecule has 146 valence electrons. The van der Waals surface area contributed by atoms with E-state index in [2.05, 4.69) is 5.32 Å². The van der Waals surface area contributed by atoms with Gasteiger partial charge in [0.2, 0.25) is 0 Å². The van der Waals surface area contributed by atoms with Gasteiger partial charge in [0.25, 0.3) is 0 Å². The average molecular weight is 405 g/mol. The molecular weight excluding hydrogens is 379 g/mol. The number of carbonyl (C=O) groups is 2. The van der Waals surface area contributed by atoms with Crippen molar-refractivity contribution in [2.75, 3.05) is 13.1 Å². The van der Waals surface area contributed by atoms with Crippen LogP contribution in [0.1, 0.15) is 32.8 Å². The summed E-state index contributed by atoms with van der Waals surface area (Å²) in [6.07, 6.45) is 0.0732. The highest BCUT2D eigenvalue weighted by atomic mass is 35.5. The van der Waals surface area contributed by atoms with Gasteiger partial charge < -0.3 is 20.1 Å². The number of carboxylic acids is 1. The van der Waals surface area contributed by atoms with Crippen molar-refractivity contribution in [1.82, 2.24) is 10.2 Å². The molecule has 0 saturated carbocycles. The van der Waals surface area contributed by atoms with Crippen molar-refractivity contribution in [2.24, 2.45) is 5.92 Å². The standard InChI is InChI=1S/C18H25ClN2O4.ClH/c1-18(2,3)25-17(24)21-9-8-15(13(11-21)16(22)23)20-10-12-6-4-5-7-14(12)19;/h4-7,13,15,20H,8-11H2,1-3H3,(H,22,23);1H. The lowest BCUT2D eigenvalue weighted by Gasteiger charge is -2.37. The fourth-order valence-electron chi connectivity index (χ4n) is 2.82. The number of hydrogen-bond donors (Lipinski definition) is 2. The SMILES string of the molecule is CC(C)(C)OC(=O)N1CCC(NCc2ccccc2Cl)C(C(=O)O)C1.Cl. The quantitative estimate of drug-likeness (QED) is 0.801. The first kappa shape index (κ1) is 22.5. The second-order valence-corrected chi connectivity index (χ2v) is 7.65. The van der Waals surface area contributed by atoms with Crippen LogP contribution in [0.15, 0.2) is 24.3 Å². The summed E-state index contributed by atoms with van der Waals surface area (Å²) < 4.78 is 5.34. The minimum absolute atomic E-state index is 0. The third-order valence-corrected chi connectivity index (χ3v) is 4.46. The van der Waals surface area contributed by atoms with E-state index in [-0.39, 0.29) is 25.0 Å². The van der Waals surface area contributed by atoms with Crippen LogP contribution in [0, 0.1) is 5.92 Å². The Balaban J connectivity index is 0.00000338. The number of nitrogens with one attached hydrogen (secondary N) is 1. The van der Waals surface area contributed by atoms with Gasteiger partial charge in [0.15, 0.2) is 0 Å². The van der Waals surface area contributed by atoms with E-state index < -0.39 is 23.6 Å². The molecule has 26 heavy (non-hydrogen) atoms. The van der Waals surface area contributed by atoms with Gasteiger partial charge in [-0.25, -0.2) is 4.79 Å². The van der Waals surface area contributed by atoms with E-state index in [9.17, 15) is 14.7 Å². The summed E-state index contributed by atoms with van der Waals surface area (Å²) in [6.45, 7) is 6.44. The fourth-order valence-corrected chi connectivity index (χ4v) is 3.02. The molecule has 1 amide bonds. The van der Waals surface area contributed by atoms with Crippen LogP contribution in [0.5, 0.6) is 0 Å². The topological polar surface area (TPSA) is 78.9 Å². The Bertz CT molecular complexity index is 634. The number of aliphatic carboxylic acids is 1. The van der Waals surface area contributed by atoms with Crippen molar-refractivity contribution in [3.8, 4) is 0 Å². The summed E-state index contributed by atoms with van der Waals surface area (Å²) in [7, 11) is 0. The fraction of sp³-hybridized carbons (Fsp3) is 0.556. The number of benzene rings is 1. The first-order valence-corrected chi connectivity index (χ1v) is 8.72. The molecule has 2 unspecified atom stereocenters. The molecule has 1 fully saturated rings. The Labute approximate surface area is 165 Å². The Morgan fingerprint density at radius 1 is 1.35 bits per heavy atom. The minimum Gasteiger partial charge on any atom is -0.481 e. The maximum absolute atomic E-state index is 12.2. The molecular formula is C18H26Cl2N2O4. The molecule has 6 nitrogen and oxygen atoms in total. The highest BCUT2D eigenvalue weighted by molar-refractivity contribution is 6.31. The van der Waals surface area contributed by atoms with Gasteiger partial charge in [-0.15, -0.1) is 12.4 Å². The van der Waals surface area contributed by atoms with Gasteiger partial charge in [0, 0.05) is 30.7 Å². The highest BCUT2D eigenvalue weighted by Crippen LogP contribution is 2.22. The van der Waals surface area contributed by atoms with Gasteiger partial charge in [-0.05, 0) is 38.8 Å². The molecule has 2 atom stereocenters. The lowest BCUT2D eigenvalue weighted by molar-refractivity contribution is -0.144. The van der Waals surface area contributed by atoms with Crippen LogP contribution in [0.25, 0.3) is 0 Å². The molecule has 1 heterocycles. The first-order chi connectivity index (χ1) is 11.7. The molecule has 1 saturated heterocycles. The lowest BCUT2D eigenvalue weighted by atomic mass is 9.92. The number of rotatable bonds is 4. The molecule has 2 rings (SSSR count). The molecule has 0 aliphatic carbocycles. The number of carboxylic acid groups (broad SMARTS) is 1. The number of amides is 1. The lowest BCUT2D eigenvalue weighted by Crippen LogP contribution is -2.54. The van der Waals surface area contributed by atoms with Crippen molar-refractivity contribution < 1.29 is 19.4 Å². The third-order valence-electron chi connectivity index (χ3n) is 4.09. The largest absolute Gasteiger partial charge is 0.481 e. The molecule has 1 aromatic rings. The Hall–Kier alpha value is -1.50. The molecule has 1 aromatic carbocycles. The summed E-state index contributed by atoms with van der Waals surface area (Å²) in [5.41, 5.74) is 0.317. The Morgan fingerprint density at radius 3 is 2.58 bits per heavy atom. The zero-order chi connectivity index (χ0) is 18.6. The molecule has 8 heteroatoms. The maximum Gasteiger partial charge on any atom is 0.410 e. The predicted octanol–water partition coefficient (Wildman–Crippen LogP) is 3.56. The smallest absolute Gasteiger partial charge is 0.410 e. The number of hydrogen-bond acceptors (Lipinski definition) is 4. The van der Waals surface area contributed by atoms with Crippen LogP contribution in [0.2, 0.25) is 5.02 Å². The minimum atomic E-state index is -0.926. The molecule has 2 N–H and O–H groups in total. The van der Waals surface area contributed by atoms with E-state index in [0.29, 0.717) is 24.5 Å². The van der Waals surface area contributed by atoms with Crippen LogP contribution in [-0.2, 0) is 16.1 Å². The van der Waals surface area contributed by atoms with E-state index in [0.717, 1.165) is 5.56 Å². The third kappa shape index (κ3) is 6.34. The van der Waals surface area contributed by atoms with E-state index in [1.165, 1.54) is 4.90 Å². The summed E-state index contributed by atoms with van der Waals surface area (Å²) in [5, 5.41) is 13.5. The number of piperidine rings is 1. The maximum atomic E-state index is 12.2. The second kappa shape index (κ2) is 9.44. The number of halogens is 2. The highest BCUT2D eigenvalue weighted by Gasteiger charge is 2.37. The number of nitrogens with zero attached hydrogens (tertiary/aromatic N) is 1. The van der Waals surface area contributed by atoms with E-state index in [1.54, 1.807) is 26.8 Å². The van der Waals surface area contributed by atoms with Gasteiger partial charge in [-0.2, -0.15) is 0 Å². The molecule has 0 spiro atoms. The molecule has 0 aromatic heterocycles. The van der Waals surface area contributed by atoms with Crippen LogP contribution in [0.3, 0.4) is 0 Å².